The van der Waals surface area contributed by atoms with E-state index in [0.29, 0.717) is 43.4 Å². The van der Waals surface area contributed by atoms with Crippen molar-refractivity contribution < 1.29 is 5.11 Å². The van der Waals surface area contributed by atoms with Crippen LogP contribution in [0.4, 0.5) is 17.3 Å². The Morgan fingerprint density at radius 2 is 1.80 bits per heavy atom. The first-order valence-corrected chi connectivity index (χ1v) is 14.1. The van der Waals surface area contributed by atoms with Gasteiger partial charge in [-0.1, -0.05) is 35.9 Å². The number of anilines is 3. The molecule has 9 heteroatoms. The molecule has 4 heterocycles. The minimum atomic E-state index is -0.862. The number of halogens is 1. The summed E-state index contributed by atoms with van der Waals surface area (Å²) in [6, 6.07) is 23.7. The van der Waals surface area contributed by atoms with Crippen molar-refractivity contribution in [2.45, 2.75) is 38.8 Å². The fourth-order valence-corrected chi connectivity index (χ4v) is 5.38. The molecule has 1 fully saturated rings. The zero-order valence-electron chi connectivity index (χ0n) is 23.1. The number of piperidine rings is 1. The van der Waals surface area contributed by atoms with Gasteiger partial charge in [0.05, 0.1) is 23.5 Å². The molecule has 1 saturated heterocycles. The second-order valence-electron chi connectivity index (χ2n) is 10.6. The number of fused-ring (bicyclic) bond motifs is 1. The summed E-state index contributed by atoms with van der Waals surface area (Å²) in [7, 11) is 0. The predicted octanol–water partition coefficient (Wildman–Crippen LogP) is 6.33. The maximum absolute atomic E-state index is 11.3. The highest BCUT2D eigenvalue weighted by Gasteiger charge is 2.34. The Kier molecular flexibility index (Phi) is 7.43. The van der Waals surface area contributed by atoms with Crippen molar-refractivity contribution in [3.8, 4) is 0 Å². The lowest BCUT2D eigenvalue weighted by atomic mass is 9.84. The molecule has 1 aliphatic rings. The van der Waals surface area contributed by atoms with Crippen molar-refractivity contribution in [1.82, 2.24) is 19.6 Å². The van der Waals surface area contributed by atoms with E-state index >= 15 is 0 Å². The largest absolute Gasteiger partial charge is 0.385 e. The van der Waals surface area contributed by atoms with Crippen LogP contribution in [0.2, 0.25) is 5.02 Å². The van der Waals surface area contributed by atoms with E-state index in [1.807, 2.05) is 80.0 Å². The number of nitrogens with one attached hydrogen (secondary N) is 1. The Labute approximate surface area is 244 Å². The summed E-state index contributed by atoms with van der Waals surface area (Å²) in [4.78, 5) is 16.2. The molecular formula is C32H32ClN7O. The van der Waals surface area contributed by atoms with Crippen molar-refractivity contribution in [2.24, 2.45) is 4.99 Å². The van der Waals surface area contributed by atoms with Crippen molar-refractivity contribution in [3.63, 3.8) is 0 Å². The highest BCUT2D eigenvalue weighted by molar-refractivity contribution is 6.30. The molecular weight excluding hydrogens is 534 g/mol. The fraction of sp³-hybridized carbons (Fsp3) is 0.250. The number of aliphatic imine (C=N–C) groups is 1. The van der Waals surface area contributed by atoms with Gasteiger partial charge in [0.15, 0.2) is 5.65 Å². The Morgan fingerprint density at radius 3 is 2.54 bits per heavy atom. The van der Waals surface area contributed by atoms with E-state index in [2.05, 4.69) is 39.4 Å². The number of rotatable bonds is 7. The first-order chi connectivity index (χ1) is 19.9. The van der Waals surface area contributed by atoms with Crippen LogP contribution in [0.3, 0.4) is 0 Å². The molecule has 0 unspecified atom stereocenters. The molecule has 0 amide bonds. The number of aryl methyl sites for hydroxylation is 1. The molecule has 0 radical (unpaired) electrons. The molecule has 2 aromatic carbocycles. The van der Waals surface area contributed by atoms with E-state index in [4.69, 9.17) is 21.6 Å². The molecule has 5 aromatic rings. The topological polar surface area (TPSA) is 90.9 Å². The van der Waals surface area contributed by atoms with Gasteiger partial charge < -0.3 is 15.3 Å². The highest BCUT2D eigenvalue weighted by atomic mass is 35.5. The van der Waals surface area contributed by atoms with Crippen LogP contribution in [0.5, 0.6) is 0 Å². The molecule has 1 aliphatic heterocycles. The van der Waals surface area contributed by atoms with Crippen LogP contribution < -0.4 is 10.2 Å². The van der Waals surface area contributed by atoms with Crippen LogP contribution in [-0.4, -0.2) is 43.5 Å². The molecule has 41 heavy (non-hydrogen) atoms. The Morgan fingerprint density at radius 1 is 1.05 bits per heavy atom. The summed E-state index contributed by atoms with van der Waals surface area (Å²) in [6.07, 6.45) is 4.95. The summed E-state index contributed by atoms with van der Waals surface area (Å²) >= 11 is 6.05. The van der Waals surface area contributed by atoms with Gasteiger partial charge in [-0.05, 0) is 91.9 Å². The monoisotopic (exact) mass is 565 g/mol. The van der Waals surface area contributed by atoms with E-state index in [-0.39, 0.29) is 0 Å². The van der Waals surface area contributed by atoms with Crippen LogP contribution >= 0.6 is 11.6 Å². The zero-order chi connectivity index (χ0) is 28.4. The lowest BCUT2D eigenvalue weighted by Crippen LogP contribution is -2.42. The second kappa shape index (κ2) is 11.3. The van der Waals surface area contributed by atoms with E-state index < -0.39 is 5.60 Å². The van der Waals surface area contributed by atoms with Gasteiger partial charge in [0.25, 0.3) is 0 Å². The van der Waals surface area contributed by atoms with E-state index in [0.717, 1.165) is 39.6 Å². The lowest BCUT2D eigenvalue weighted by molar-refractivity contribution is 0.0118. The molecule has 0 saturated carbocycles. The fourth-order valence-electron chi connectivity index (χ4n) is 5.26. The number of nitrogens with zero attached hydrogens (tertiary/aromatic N) is 6. The summed E-state index contributed by atoms with van der Waals surface area (Å²) in [5, 5.41) is 20.0. The van der Waals surface area contributed by atoms with Gasteiger partial charge in [0, 0.05) is 41.9 Å². The van der Waals surface area contributed by atoms with Crippen molar-refractivity contribution in [2.75, 3.05) is 23.3 Å². The van der Waals surface area contributed by atoms with Crippen LogP contribution in [-0.2, 0) is 12.1 Å². The first kappa shape index (κ1) is 26.9. The molecule has 208 valence electrons. The van der Waals surface area contributed by atoms with Gasteiger partial charge in [-0.2, -0.15) is 4.98 Å². The predicted molar refractivity (Wildman–Crippen MR) is 164 cm³/mol. The molecule has 2 N–H and O–H groups in total. The van der Waals surface area contributed by atoms with Gasteiger partial charge in [0.2, 0.25) is 5.95 Å². The molecule has 0 spiro atoms. The summed E-state index contributed by atoms with van der Waals surface area (Å²) < 4.78 is 1.79. The minimum Gasteiger partial charge on any atom is -0.385 e. The van der Waals surface area contributed by atoms with Gasteiger partial charge >= 0.3 is 0 Å². The number of aliphatic hydroxyl groups is 1. The van der Waals surface area contributed by atoms with E-state index in [1.54, 1.807) is 4.52 Å². The third-order valence-corrected chi connectivity index (χ3v) is 7.92. The molecule has 6 rings (SSSR count). The second-order valence-corrected chi connectivity index (χ2v) is 11.0. The zero-order valence-corrected chi connectivity index (χ0v) is 23.9. The van der Waals surface area contributed by atoms with Crippen LogP contribution in [0.1, 0.15) is 42.1 Å². The van der Waals surface area contributed by atoms with Crippen LogP contribution in [0.25, 0.3) is 5.65 Å². The number of pyridine rings is 2. The van der Waals surface area contributed by atoms with Crippen molar-refractivity contribution in [1.29, 1.82) is 0 Å². The highest BCUT2D eigenvalue weighted by Crippen LogP contribution is 2.36. The third-order valence-electron chi connectivity index (χ3n) is 7.66. The van der Waals surface area contributed by atoms with Crippen molar-refractivity contribution >= 4 is 40.3 Å². The number of hydrogen-bond acceptors (Lipinski definition) is 7. The smallest absolute Gasteiger partial charge is 0.247 e. The SMILES string of the molecule is CC(=NCc1cc(C)ccn1)c1ccc(Nc2nc3c(N4CCC(O)(c5ccc(Cl)cc5)CC4)cccn3n2)cc1. The molecule has 8 nitrogen and oxygen atoms in total. The maximum Gasteiger partial charge on any atom is 0.247 e. The van der Waals surface area contributed by atoms with E-state index in [1.165, 1.54) is 5.56 Å². The van der Waals surface area contributed by atoms with E-state index in [9.17, 15) is 5.11 Å². The van der Waals surface area contributed by atoms with Gasteiger partial charge in [0.1, 0.15) is 0 Å². The quantitative estimate of drug-likeness (QED) is 0.224. The average Bonchev–Trinajstić information content (AvgIpc) is 3.40. The average molecular weight is 566 g/mol. The Hall–Kier alpha value is -4.27. The maximum atomic E-state index is 11.3. The van der Waals surface area contributed by atoms with Crippen LogP contribution in [0.15, 0.2) is 90.2 Å². The lowest BCUT2D eigenvalue weighted by Gasteiger charge is -2.39. The molecule has 0 atom stereocenters. The molecule has 3 aromatic heterocycles. The normalized spacial score (nSPS) is 15.3. The summed E-state index contributed by atoms with van der Waals surface area (Å²) in [6.45, 7) is 6.04. The van der Waals surface area contributed by atoms with Crippen LogP contribution in [0, 0.1) is 6.92 Å². The Bertz CT molecular complexity index is 1690. The molecule has 0 bridgehead atoms. The van der Waals surface area contributed by atoms with Gasteiger partial charge in [-0.15, -0.1) is 5.10 Å². The number of aromatic nitrogens is 4. The standard InChI is InChI=1S/C32H32ClN7O/c1-22-13-16-34-28(20-22)21-35-23(2)24-5-11-27(12-6-24)36-31-37-30-29(4-3-17-40(30)38-31)39-18-14-32(41,15-19-39)25-7-9-26(33)10-8-25/h3-13,16-17,20,41H,14-15,18-19,21H2,1-2H3,(H,36,38). The van der Waals surface area contributed by atoms with Gasteiger partial charge in [-0.25, -0.2) is 4.52 Å². The minimum absolute atomic E-state index is 0.524. The Balaban J connectivity index is 1.13. The third kappa shape index (κ3) is 5.94. The number of hydrogen-bond donors (Lipinski definition) is 2. The first-order valence-electron chi connectivity index (χ1n) is 13.8. The van der Waals surface area contributed by atoms with Gasteiger partial charge in [-0.3, -0.25) is 9.98 Å². The molecule has 0 aliphatic carbocycles. The van der Waals surface area contributed by atoms with Crippen molar-refractivity contribution in [3.05, 3.63) is 113 Å². The summed E-state index contributed by atoms with van der Waals surface area (Å²) in [5.41, 5.74) is 6.86. The summed E-state index contributed by atoms with van der Waals surface area (Å²) in [5.74, 6) is 0.524. The number of benzene rings is 2.